The molecule has 2 aromatic rings. The van der Waals surface area contributed by atoms with E-state index in [1.807, 2.05) is 0 Å². The van der Waals surface area contributed by atoms with Gasteiger partial charge in [0.1, 0.15) is 0 Å². The third-order valence-electron chi connectivity index (χ3n) is 4.90. The molecule has 174 valence electrons. The van der Waals surface area contributed by atoms with E-state index in [1.54, 1.807) is 18.2 Å². The monoisotopic (exact) mass is 455 g/mol. The lowest BCUT2D eigenvalue weighted by Crippen LogP contribution is -2.27. The fourth-order valence-corrected chi connectivity index (χ4v) is 3.43. The summed E-state index contributed by atoms with van der Waals surface area (Å²) in [4.78, 5) is 12.2. The predicted molar refractivity (Wildman–Crippen MR) is 109 cm³/mol. The number of rotatable bonds is 8. The maximum absolute atomic E-state index is 13.2. The van der Waals surface area contributed by atoms with Crippen molar-refractivity contribution in [2.45, 2.75) is 25.7 Å². The molecule has 0 bridgehead atoms. The lowest BCUT2D eigenvalue weighted by atomic mass is 10.1. The maximum Gasteiger partial charge on any atom is 0.435 e. The number of nitrogens with one attached hydrogen (secondary N) is 1. The Morgan fingerprint density at radius 2 is 1.91 bits per heavy atom. The molecule has 1 amide bonds. The Kier molecular flexibility index (Phi) is 7.29. The molecule has 11 heteroatoms. The summed E-state index contributed by atoms with van der Waals surface area (Å²) < 4.78 is 61.9. The molecule has 2 heterocycles. The van der Waals surface area contributed by atoms with E-state index in [1.165, 1.54) is 32.1 Å². The molecule has 1 aliphatic heterocycles. The summed E-state index contributed by atoms with van der Waals surface area (Å²) in [6.07, 6.45) is -1.33. The molecule has 0 radical (unpaired) electrons. The van der Waals surface area contributed by atoms with Crippen LogP contribution in [0.3, 0.4) is 0 Å². The van der Waals surface area contributed by atoms with Crippen molar-refractivity contribution < 1.29 is 36.9 Å². The van der Waals surface area contributed by atoms with Crippen molar-refractivity contribution in [3.8, 4) is 17.2 Å². The number of carbonyl (C=O) groups excluding carboxylic acids is 1. The lowest BCUT2D eigenvalue weighted by molar-refractivity contribution is -0.142. The highest BCUT2D eigenvalue weighted by molar-refractivity contribution is 5.91. The first-order valence-electron chi connectivity index (χ1n) is 9.78. The van der Waals surface area contributed by atoms with E-state index >= 15 is 0 Å². The minimum atomic E-state index is -4.55. The number of benzene rings is 1. The molecule has 0 saturated carbocycles. The lowest BCUT2D eigenvalue weighted by Gasteiger charge is -2.15. The third-order valence-corrected chi connectivity index (χ3v) is 4.90. The summed E-state index contributed by atoms with van der Waals surface area (Å²) in [6.45, 7) is 0.445. The number of hydrogen-bond acceptors (Lipinski definition) is 6. The SMILES string of the molecule is COc1cc(/C=C/C(=O)NCCn2nc(C(F)(F)F)c3c2CCOC3)cc(OC)c1OC. The van der Waals surface area contributed by atoms with Crippen LogP contribution in [0.1, 0.15) is 22.5 Å². The second kappa shape index (κ2) is 9.94. The zero-order valence-electron chi connectivity index (χ0n) is 17.9. The number of nitrogens with zero attached hydrogens (tertiary/aromatic N) is 2. The van der Waals surface area contributed by atoms with Crippen LogP contribution in [0.5, 0.6) is 17.2 Å². The first kappa shape index (κ1) is 23.5. The van der Waals surface area contributed by atoms with E-state index < -0.39 is 17.8 Å². The van der Waals surface area contributed by atoms with Gasteiger partial charge in [0.2, 0.25) is 11.7 Å². The largest absolute Gasteiger partial charge is 0.493 e. The van der Waals surface area contributed by atoms with Gasteiger partial charge in [-0.2, -0.15) is 18.3 Å². The van der Waals surface area contributed by atoms with Crippen LogP contribution in [0, 0.1) is 0 Å². The van der Waals surface area contributed by atoms with Gasteiger partial charge in [-0.1, -0.05) is 0 Å². The molecular weight excluding hydrogens is 431 g/mol. The Labute approximate surface area is 182 Å². The van der Waals surface area contributed by atoms with Crippen molar-refractivity contribution in [3.63, 3.8) is 0 Å². The van der Waals surface area contributed by atoms with Gasteiger partial charge in [0.25, 0.3) is 0 Å². The van der Waals surface area contributed by atoms with Crippen molar-refractivity contribution in [2.75, 3.05) is 34.5 Å². The second-order valence-corrected chi connectivity index (χ2v) is 6.88. The van der Waals surface area contributed by atoms with Gasteiger partial charge >= 0.3 is 6.18 Å². The molecule has 1 aromatic heterocycles. The van der Waals surface area contributed by atoms with Crippen LogP contribution in [0.2, 0.25) is 0 Å². The summed E-state index contributed by atoms with van der Waals surface area (Å²) in [6, 6.07) is 3.36. The molecule has 0 fully saturated rings. The standard InChI is InChI=1S/C21H24F3N3O5/c1-29-16-10-13(11-17(30-2)19(16)31-3)4-5-18(28)25-7-8-27-15-6-9-32-12-14(15)20(26-27)21(22,23)24/h4-5,10-11H,6-9,12H2,1-3H3,(H,25,28)/b5-4+. The van der Waals surface area contributed by atoms with E-state index in [0.717, 1.165) is 0 Å². The molecule has 0 spiro atoms. The van der Waals surface area contributed by atoms with Gasteiger partial charge in [0.15, 0.2) is 17.2 Å². The Hall–Kier alpha value is -3.21. The summed E-state index contributed by atoms with van der Waals surface area (Å²) >= 11 is 0. The van der Waals surface area contributed by atoms with Gasteiger partial charge in [0.05, 0.1) is 41.1 Å². The number of amides is 1. The van der Waals surface area contributed by atoms with Gasteiger partial charge in [0, 0.05) is 30.3 Å². The highest BCUT2D eigenvalue weighted by Crippen LogP contribution is 2.38. The maximum atomic E-state index is 13.2. The normalized spacial score (nSPS) is 13.7. The molecule has 0 saturated heterocycles. The third kappa shape index (κ3) is 5.16. The number of hydrogen-bond donors (Lipinski definition) is 1. The van der Waals surface area contributed by atoms with Gasteiger partial charge in [-0.25, -0.2) is 0 Å². The van der Waals surface area contributed by atoms with Crippen molar-refractivity contribution >= 4 is 12.0 Å². The van der Waals surface area contributed by atoms with Crippen molar-refractivity contribution in [3.05, 3.63) is 40.7 Å². The zero-order valence-corrected chi connectivity index (χ0v) is 17.9. The summed E-state index contributed by atoms with van der Waals surface area (Å²) in [5.41, 5.74) is 0.273. The smallest absolute Gasteiger partial charge is 0.435 e. The van der Waals surface area contributed by atoms with Gasteiger partial charge in [-0.15, -0.1) is 0 Å². The number of ether oxygens (including phenoxy) is 4. The van der Waals surface area contributed by atoms with E-state index in [9.17, 15) is 18.0 Å². The fraction of sp³-hybridized carbons (Fsp3) is 0.429. The quantitative estimate of drug-likeness (QED) is 0.617. The van der Waals surface area contributed by atoms with Gasteiger partial charge in [-0.05, 0) is 23.8 Å². The van der Waals surface area contributed by atoms with Gasteiger partial charge < -0.3 is 24.3 Å². The molecule has 0 unspecified atom stereocenters. The Morgan fingerprint density at radius 3 is 2.50 bits per heavy atom. The first-order valence-corrected chi connectivity index (χ1v) is 9.78. The van der Waals surface area contributed by atoms with Crippen molar-refractivity contribution in [1.29, 1.82) is 0 Å². The summed E-state index contributed by atoms with van der Waals surface area (Å²) in [7, 11) is 4.47. The van der Waals surface area contributed by atoms with Gasteiger partial charge in [-0.3, -0.25) is 9.48 Å². The number of carbonyl (C=O) groups is 1. The molecule has 1 N–H and O–H groups in total. The molecule has 8 nitrogen and oxygen atoms in total. The Balaban J connectivity index is 1.64. The topological polar surface area (TPSA) is 83.8 Å². The Morgan fingerprint density at radius 1 is 1.22 bits per heavy atom. The van der Waals surface area contributed by atoms with E-state index in [4.69, 9.17) is 18.9 Å². The predicted octanol–water partition coefficient (Wildman–Crippen LogP) is 2.83. The van der Waals surface area contributed by atoms with Crippen LogP contribution in [-0.2, 0) is 35.3 Å². The highest BCUT2D eigenvalue weighted by Gasteiger charge is 2.39. The summed E-state index contributed by atoms with van der Waals surface area (Å²) in [5, 5.41) is 6.36. The molecule has 1 aromatic carbocycles. The van der Waals surface area contributed by atoms with Crippen LogP contribution >= 0.6 is 0 Å². The van der Waals surface area contributed by atoms with E-state index in [2.05, 4.69) is 10.4 Å². The van der Waals surface area contributed by atoms with Crippen LogP contribution in [0.4, 0.5) is 13.2 Å². The van der Waals surface area contributed by atoms with E-state index in [0.29, 0.717) is 41.5 Å². The van der Waals surface area contributed by atoms with E-state index in [-0.39, 0.29) is 25.3 Å². The zero-order chi connectivity index (χ0) is 23.3. The van der Waals surface area contributed by atoms with Crippen LogP contribution in [-0.4, -0.2) is 50.2 Å². The number of aromatic nitrogens is 2. The second-order valence-electron chi connectivity index (χ2n) is 6.88. The minimum absolute atomic E-state index is 0.0670. The van der Waals surface area contributed by atoms with Crippen molar-refractivity contribution in [1.82, 2.24) is 15.1 Å². The molecule has 1 aliphatic rings. The molecule has 0 atom stereocenters. The molecular formula is C21H24F3N3O5. The molecule has 32 heavy (non-hydrogen) atoms. The average molecular weight is 455 g/mol. The summed E-state index contributed by atoms with van der Waals surface area (Å²) in [5.74, 6) is 0.918. The molecule has 0 aliphatic carbocycles. The molecule has 3 rings (SSSR count). The number of methoxy groups -OCH3 is 3. The first-order chi connectivity index (χ1) is 15.3. The Bertz CT molecular complexity index is 976. The highest BCUT2D eigenvalue weighted by atomic mass is 19.4. The number of halogens is 3. The van der Waals surface area contributed by atoms with Crippen LogP contribution in [0.15, 0.2) is 18.2 Å². The fourth-order valence-electron chi connectivity index (χ4n) is 3.43. The minimum Gasteiger partial charge on any atom is -0.493 e. The average Bonchev–Trinajstić information content (AvgIpc) is 3.16. The number of alkyl halides is 3. The van der Waals surface area contributed by atoms with Crippen LogP contribution in [0.25, 0.3) is 6.08 Å². The van der Waals surface area contributed by atoms with Crippen molar-refractivity contribution in [2.24, 2.45) is 0 Å². The van der Waals surface area contributed by atoms with Crippen LogP contribution < -0.4 is 19.5 Å². The number of fused-ring (bicyclic) bond motifs is 1.